The zero-order valence-corrected chi connectivity index (χ0v) is 11.4. The number of rotatable bonds is 7. The third-order valence-corrected chi connectivity index (χ3v) is 3.15. The fraction of sp³-hybridized carbons (Fsp3) is 0.538. The Kier molecular flexibility index (Phi) is 4.69. The first-order valence-electron chi connectivity index (χ1n) is 5.99. The summed E-state index contributed by atoms with van der Waals surface area (Å²) >= 11 is 6.17. The van der Waals surface area contributed by atoms with E-state index in [9.17, 15) is 0 Å². The van der Waals surface area contributed by atoms with Crippen molar-refractivity contribution in [3.63, 3.8) is 0 Å². The molecular weight excluding hydrogens is 254 g/mol. The maximum absolute atomic E-state index is 6.17. The van der Waals surface area contributed by atoms with E-state index in [2.05, 4.69) is 5.48 Å². The van der Waals surface area contributed by atoms with Gasteiger partial charge in [0.15, 0.2) is 11.5 Å². The fourth-order valence-corrected chi connectivity index (χ4v) is 1.99. The number of methoxy groups -OCH3 is 1. The zero-order valence-electron chi connectivity index (χ0n) is 10.7. The van der Waals surface area contributed by atoms with Gasteiger partial charge in [0.1, 0.15) is 0 Å². The van der Waals surface area contributed by atoms with E-state index in [0.717, 1.165) is 12.2 Å². The van der Waals surface area contributed by atoms with Crippen molar-refractivity contribution in [1.29, 1.82) is 0 Å². The van der Waals surface area contributed by atoms with Gasteiger partial charge < -0.3 is 14.3 Å². The van der Waals surface area contributed by atoms with Gasteiger partial charge in [-0.1, -0.05) is 11.6 Å². The number of nitrogens with one attached hydrogen (secondary N) is 1. The van der Waals surface area contributed by atoms with Crippen LogP contribution in [-0.2, 0) is 11.4 Å². The maximum atomic E-state index is 6.17. The molecule has 0 aromatic heterocycles. The standard InChI is InChI=1S/C13H18ClNO3/c1-16-13-11(14)5-10(7-15-17-2)6-12(13)18-8-9-3-4-9/h5-6,9,15H,3-4,7-8H2,1-2H3. The first-order chi connectivity index (χ1) is 8.74. The molecule has 0 spiro atoms. The smallest absolute Gasteiger partial charge is 0.179 e. The van der Waals surface area contributed by atoms with Crippen molar-refractivity contribution < 1.29 is 14.3 Å². The molecule has 1 aliphatic carbocycles. The van der Waals surface area contributed by atoms with Crippen LogP contribution in [0.2, 0.25) is 5.02 Å². The van der Waals surface area contributed by atoms with Crippen molar-refractivity contribution >= 4 is 11.6 Å². The highest BCUT2D eigenvalue weighted by Crippen LogP contribution is 2.38. The van der Waals surface area contributed by atoms with Gasteiger partial charge in [-0.25, -0.2) is 0 Å². The van der Waals surface area contributed by atoms with E-state index < -0.39 is 0 Å². The van der Waals surface area contributed by atoms with E-state index in [4.69, 9.17) is 25.9 Å². The van der Waals surface area contributed by atoms with E-state index in [-0.39, 0.29) is 0 Å². The summed E-state index contributed by atoms with van der Waals surface area (Å²) in [7, 11) is 3.17. The lowest BCUT2D eigenvalue weighted by molar-refractivity contribution is 0.0866. The van der Waals surface area contributed by atoms with Crippen molar-refractivity contribution in [3.8, 4) is 11.5 Å². The minimum Gasteiger partial charge on any atom is -0.491 e. The predicted molar refractivity (Wildman–Crippen MR) is 70.1 cm³/mol. The monoisotopic (exact) mass is 271 g/mol. The summed E-state index contributed by atoms with van der Waals surface area (Å²) < 4.78 is 11.1. The Morgan fingerprint density at radius 1 is 1.33 bits per heavy atom. The van der Waals surface area contributed by atoms with Gasteiger partial charge in [0, 0.05) is 6.54 Å². The molecule has 100 valence electrons. The van der Waals surface area contributed by atoms with Crippen LogP contribution in [0.3, 0.4) is 0 Å². The molecule has 0 heterocycles. The molecule has 0 atom stereocenters. The molecule has 1 aliphatic rings. The lowest BCUT2D eigenvalue weighted by atomic mass is 10.2. The van der Waals surface area contributed by atoms with Crippen LogP contribution in [0.4, 0.5) is 0 Å². The van der Waals surface area contributed by atoms with Crippen LogP contribution in [0.25, 0.3) is 0 Å². The Balaban J connectivity index is 2.12. The van der Waals surface area contributed by atoms with Gasteiger partial charge in [0.05, 0.1) is 25.8 Å². The maximum Gasteiger partial charge on any atom is 0.179 e. The topological polar surface area (TPSA) is 39.7 Å². The summed E-state index contributed by atoms with van der Waals surface area (Å²) in [6.45, 7) is 1.30. The first-order valence-corrected chi connectivity index (χ1v) is 6.37. The summed E-state index contributed by atoms with van der Waals surface area (Å²) in [4.78, 5) is 4.83. The van der Waals surface area contributed by atoms with Crippen LogP contribution >= 0.6 is 11.6 Å². The molecule has 1 N–H and O–H groups in total. The van der Waals surface area contributed by atoms with Gasteiger partial charge in [-0.05, 0) is 36.5 Å². The predicted octanol–water partition coefficient (Wildman–Crippen LogP) is 2.79. The molecule has 1 aromatic carbocycles. The Bertz CT molecular complexity index is 407. The summed E-state index contributed by atoms with van der Waals surface area (Å²) in [5.41, 5.74) is 3.77. The van der Waals surface area contributed by atoms with Gasteiger partial charge in [0.2, 0.25) is 0 Å². The average Bonchev–Trinajstić information content (AvgIpc) is 3.17. The molecule has 1 saturated carbocycles. The second-order valence-corrected chi connectivity index (χ2v) is 4.80. The van der Waals surface area contributed by atoms with Gasteiger partial charge in [-0.3, -0.25) is 0 Å². The molecule has 1 aromatic rings. The number of hydroxylamine groups is 1. The highest BCUT2D eigenvalue weighted by molar-refractivity contribution is 6.32. The molecule has 0 saturated heterocycles. The van der Waals surface area contributed by atoms with Crippen molar-refractivity contribution in [2.45, 2.75) is 19.4 Å². The first kappa shape index (κ1) is 13.5. The Labute approximate surface area is 112 Å². The Morgan fingerprint density at radius 2 is 2.11 bits per heavy atom. The summed E-state index contributed by atoms with van der Waals surface area (Å²) in [6, 6.07) is 3.77. The van der Waals surface area contributed by atoms with Crippen LogP contribution < -0.4 is 15.0 Å². The molecule has 2 rings (SSSR count). The van der Waals surface area contributed by atoms with Gasteiger partial charge in [-0.15, -0.1) is 0 Å². The molecule has 0 unspecified atom stereocenters. The van der Waals surface area contributed by atoms with Gasteiger partial charge >= 0.3 is 0 Å². The Hall–Kier alpha value is -0.970. The molecule has 4 nitrogen and oxygen atoms in total. The average molecular weight is 272 g/mol. The number of ether oxygens (including phenoxy) is 2. The van der Waals surface area contributed by atoms with E-state index in [1.165, 1.54) is 12.8 Å². The van der Waals surface area contributed by atoms with Crippen LogP contribution in [0, 0.1) is 5.92 Å². The molecule has 5 heteroatoms. The van der Waals surface area contributed by atoms with E-state index in [1.54, 1.807) is 14.2 Å². The molecule has 0 bridgehead atoms. The molecule has 0 radical (unpaired) electrons. The third-order valence-electron chi connectivity index (χ3n) is 2.87. The largest absolute Gasteiger partial charge is 0.491 e. The summed E-state index contributed by atoms with van der Waals surface area (Å²) in [5, 5.41) is 0.554. The van der Waals surface area contributed by atoms with E-state index >= 15 is 0 Å². The fourth-order valence-electron chi connectivity index (χ4n) is 1.68. The number of hydrogen-bond donors (Lipinski definition) is 1. The molecule has 0 aliphatic heterocycles. The summed E-state index contributed by atoms with van der Waals surface area (Å²) in [6.07, 6.45) is 2.50. The van der Waals surface area contributed by atoms with Crippen LogP contribution in [0.5, 0.6) is 11.5 Å². The lowest BCUT2D eigenvalue weighted by Crippen LogP contribution is -2.11. The SMILES string of the molecule is CONCc1cc(Cl)c(OC)c(OCC2CC2)c1. The van der Waals surface area contributed by atoms with E-state index in [0.29, 0.717) is 29.0 Å². The molecule has 0 amide bonds. The second kappa shape index (κ2) is 6.27. The van der Waals surface area contributed by atoms with Crippen LogP contribution in [0.1, 0.15) is 18.4 Å². The minimum absolute atomic E-state index is 0.554. The van der Waals surface area contributed by atoms with Crippen molar-refractivity contribution in [2.24, 2.45) is 5.92 Å². The number of hydrogen-bond acceptors (Lipinski definition) is 4. The van der Waals surface area contributed by atoms with Crippen molar-refractivity contribution in [1.82, 2.24) is 5.48 Å². The Morgan fingerprint density at radius 3 is 2.72 bits per heavy atom. The van der Waals surface area contributed by atoms with E-state index in [1.807, 2.05) is 12.1 Å². The number of halogens is 1. The zero-order chi connectivity index (χ0) is 13.0. The molecular formula is C13H18ClNO3. The number of benzene rings is 1. The lowest BCUT2D eigenvalue weighted by Gasteiger charge is -2.14. The van der Waals surface area contributed by atoms with Crippen molar-refractivity contribution in [3.05, 3.63) is 22.7 Å². The highest BCUT2D eigenvalue weighted by Gasteiger charge is 2.23. The van der Waals surface area contributed by atoms with Gasteiger partial charge in [-0.2, -0.15) is 5.48 Å². The third kappa shape index (κ3) is 3.51. The molecule has 1 fully saturated rings. The van der Waals surface area contributed by atoms with Crippen LogP contribution in [0.15, 0.2) is 12.1 Å². The quantitative estimate of drug-likeness (QED) is 0.774. The van der Waals surface area contributed by atoms with Crippen LogP contribution in [-0.4, -0.2) is 20.8 Å². The highest BCUT2D eigenvalue weighted by atomic mass is 35.5. The second-order valence-electron chi connectivity index (χ2n) is 4.39. The normalized spacial score (nSPS) is 14.6. The van der Waals surface area contributed by atoms with Gasteiger partial charge in [0.25, 0.3) is 0 Å². The molecule has 18 heavy (non-hydrogen) atoms. The van der Waals surface area contributed by atoms with Crippen molar-refractivity contribution in [2.75, 3.05) is 20.8 Å². The summed E-state index contributed by atoms with van der Waals surface area (Å²) in [5.74, 6) is 1.98. The minimum atomic E-state index is 0.554.